The molecule has 0 aliphatic rings. The van der Waals surface area contributed by atoms with Crippen LogP contribution in [-0.2, 0) is 0 Å². The van der Waals surface area contributed by atoms with Crippen molar-refractivity contribution in [3.8, 4) is 28.9 Å². The van der Waals surface area contributed by atoms with Gasteiger partial charge >= 0.3 is 6.08 Å². The minimum Gasteiger partial charge on any atom is -0.497 e. The molecule has 110 valence electrons. The smallest absolute Gasteiger partial charge is 0.403 e. The lowest BCUT2D eigenvalue weighted by Crippen LogP contribution is -2.05. The number of hydrogen-bond donors (Lipinski definition) is 0. The highest BCUT2D eigenvalue weighted by Crippen LogP contribution is 2.25. The summed E-state index contributed by atoms with van der Waals surface area (Å²) in [5.74, 6) is 1.65. The Labute approximate surface area is 126 Å². The molecule has 0 fully saturated rings. The van der Waals surface area contributed by atoms with Crippen molar-refractivity contribution in [1.29, 1.82) is 0 Å². The Morgan fingerprint density at radius 1 is 0.955 bits per heavy atom. The third-order valence-electron chi connectivity index (χ3n) is 2.98. The van der Waals surface area contributed by atoms with Crippen molar-refractivity contribution in [3.05, 3.63) is 71.0 Å². The number of ether oxygens (including phenoxy) is 2. The van der Waals surface area contributed by atoms with Gasteiger partial charge in [0.15, 0.2) is 0 Å². The molecular weight excluding hydrogens is 282 g/mol. The molecule has 5 heteroatoms. The summed E-state index contributed by atoms with van der Waals surface area (Å²) in [5, 5.41) is 0. The zero-order valence-corrected chi connectivity index (χ0v) is 11.9. The summed E-state index contributed by atoms with van der Waals surface area (Å²) in [6, 6.07) is 17.5. The van der Waals surface area contributed by atoms with Crippen molar-refractivity contribution in [1.82, 2.24) is 4.98 Å². The third kappa shape index (κ3) is 3.15. The average molecular weight is 295 g/mol. The Morgan fingerprint density at radius 2 is 1.68 bits per heavy atom. The second-order valence-corrected chi connectivity index (χ2v) is 4.47. The molecule has 0 atom stereocenters. The van der Waals surface area contributed by atoms with Crippen molar-refractivity contribution < 1.29 is 13.9 Å². The fourth-order valence-electron chi connectivity index (χ4n) is 1.91. The lowest BCUT2D eigenvalue weighted by atomic mass is 10.1. The van der Waals surface area contributed by atoms with E-state index in [1.165, 1.54) is 6.07 Å². The molecule has 1 heterocycles. The summed E-state index contributed by atoms with van der Waals surface area (Å²) in [6.45, 7) is 0. The molecule has 0 aliphatic heterocycles. The van der Waals surface area contributed by atoms with Gasteiger partial charge < -0.3 is 13.9 Å². The third-order valence-corrected chi connectivity index (χ3v) is 2.98. The van der Waals surface area contributed by atoms with Crippen molar-refractivity contribution in [2.45, 2.75) is 0 Å². The normalized spacial score (nSPS) is 10.2. The molecule has 0 bridgehead atoms. The maximum Gasteiger partial charge on any atom is 0.403 e. The van der Waals surface area contributed by atoms with Crippen LogP contribution in [0.5, 0.6) is 17.6 Å². The zero-order chi connectivity index (χ0) is 15.4. The summed E-state index contributed by atoms with van der Waals surface area (Å²) in [5.41, 5.74) is 0.307. The number of benzene rings is 2. The van der Waals surface area contributed by atoms with Crippen LogP contribution in [0.25, 0.3) is 11.3 Å². The molecule has 0 radical (unpaired) electrons. The van der Waals surface area contributed by atoms with Gasteiger partial charge in [-0.2, -0.15) is 0 Å². The van der Waals surface area contributed by atoms with Crippen molar-refractivity contribution in [2.24, 2.45) is 0 Å². The summed E-state index contributed by atoms with van der Waals surface area (Å²) in [6.07, 6.45) is -0.0930. The molecule has 0 aliphatic carbocycles. The van der Waals surface area contributed by atoms with Gasteiger partial charge in [0.25, 0.3) is 5.56 Å². The quantitative estimate of drug-likeness (QED) is 0.737. The Morgan fingerprint density at radius 3 is 2.36 bits per heavy atom. The predicted octanol–water partition coefficient (Wildman–Crippen LogP) is 3.50. The number of rotatable bonds is 4. The highest BCUT2D eigenvalue weighted by atomic mass is 16.6. The first kappa shape index (κ1) is 13.9. The van der Waals surface area contributed by atoms with Crippen LogP contribution >= 0.6 is 0 Å². The summed E-state index contributed by atoms with van der Waals surface area (Å²) in [4.78, 5) is 15.4. The number of para-hydroxylation sites is 1. The Bertz CT molecular complexity index is 810. The maximum atomic E-state index is 11.7. The molecule has 3 rings (SSSR count). The molecule has 0 saturated carbocycles. The van der Waals surface area contributed by atoms with Crippen LogP contribution < -0.4 is 15.0 Å². The van der Waals surface area contributed by atoms with Crippen LogP contribution in [0.4, 0.5) is 0 Å². The van der Waals surface area contributed by atoms with Crippen molar-refractivity contribution >= 4 is 0 Å². The van der Waals surface area contributed by atoms with Crippen LogP contribution in [0.1, 0.15) is 0 Å². The largest absolute Gasteiger partial charge is 0.497 e. The zero-order valence-electron chi connectivity index (χ0n) is 11.9. The van der Waals surface area contributed by atoms with E-state index in [2.05, 4.69) is 4.98 Å². The molecule has 22 heavy (non-hydrogen) atoms. The van der Waals surface area contributed by atoms with Gasteiger partial charge in [-0.25, -0.2) is 0 Å². The predicted molar refractivity (Wildman–Crippen MR) is 81.3 cm³/mol. The van der Waals surface area contributed by atoms with Crippen molar-refractivity contribution in [3.63, 3.8) is 0 Å². The van der Waals surface area contributed by atoms with E-state index in [0.717, 1.165) is 11.3 Å². The van der Waals surface area contributed by atoms with Gasteiger partial charge in [-0.05, 0) is 36.4 Å². The average Bonchev–Trinajstić information content (AvgIpc) is 2.55. The van der Waals surface area contributed by atoms with Gasteiger partial charge in [0, 0.05) is 11.6 Å². The first-order valence-corrected chi connectivity index (χ1v) is 6.64. The van der Waals surface area contributed by atoms with E-state index in [4.69, 9.17) is 13.9 Å². The van der Waals surface area contributed by atoms with E-state index in [-0.39, 0.29) is 6.08 Å². The van der Waals surface area contributed by atoms with Gasteiger partial charge in [-0.15, -0.1) is 4.98 Å². The van der Waals surface area contributed by atoms with Gasteiger partial charge in [0.05, 0.1) is 7.11 Å². The van der Waals surface area contributed by atoms with E-state index in [0.29, 0.717) is 11.5 Å². The molecule has 0 saturated heterocycles. The SMILES string of the molecule is COc1ccc(-c2cc(=O)nc(Oc3ccccc3)o2)cc1. The van der Waals surface area contributed by atoms with Crippen LogP contribution in [0.15, 0.2) is 69.9 Å². The molecular formula is C17H13NO4. The van der Waals surface area contributed by atoms with Gasteiger partial charge in [0.1, 0.15) is 17.3 Å². The molecule has 5 nitrogen and oxygen atoms in total. The lowest BCUT2D eigenvalue weighted by molar-refractivity contribution is 0.318. The number of methoxy groups -OCH3 is 1. The number of hydrogen-bond acceptors (Lipinski definition) is 5. The Kier molecular flexibility index (Phi) is 3.87. The first-order valence-electron chi connectivity index (χ1n) is 6.64. The monoisotopic (exact) mass is 295 g/mol. The molecule has 0 amide bonds. The molecule has 2 aromatic carbocycles. The van der Waals surface area contributed by atoms with E-state index in [1.54, 1.807) is 43.5 Å². The first-order chi connectivity index (χ1) is 10.7. The van der Waals surface area contributed by atoms with Crippen LogP contribution in [0, 0.1) is 0 Å². The molecule has 0 spiro atoms. The second-order valence-electron chi connectivity index (χ2n) is 4.47. The van der Waals surface area contributed by atoms with Crippen LogP contribution in [0.3, 0.4) is 0 Å². The van der Waals surface area contributed by atoms with Crippen LogP contribution in [0.2, 0.25) is 0 Å². The molecule has 1 aromatic heterocycles. The topological polar surface area (TPSA) is 61.6 Å². The highest BCUT2D eigenvalue weighted by molar-refractivity contribution is 5.57. The highest BCUT2D eigenvalue weighted by Gasteiger charge is 2.08. The second kappa shape index (κ2) is 6.13. The summed E-state index contributed by atoms with van der Waals surface area (Å²) < 4.78 is 16.1. The maximum absolute atomic E-state index is 11.7. The summed E-state index contributed by atoms with van der Waals surface area (Å²) >= 11 is 0. The van der Waals surface area contributed by atoms with Crippen molar-refractivity contribution in [2.75, 3.05) is 7.11 Å². The molecule has 0 N–H and O–H groups in total. The fraction of sp³-hybridized carbons (Fsp3) is 0.0588. The van der Waals surface area contributed by atoms with Gasteiger partial charge in [-0.3, -0.25) is 4.79 Å². The van der Waals surface area contributed by atoms with E-state index >= 15 is 0 Å². The van der Waals surface area contributed by atoms with Gasteiger partial charge in [0.2, 0.25) is 0 Å². The fourth-order valence-corrected chi connectivity index (χ4v) is 1.91. The summed E-state index contributed by atoms with van der Waals surface area (Å²) in [7, 11) is 1.59. The number of nitrogens with zero attached hydrogens (tertiary/aromatic N) is 1. The molecule has 3 aromatic rings. The van der Waals surface area contributed by atoms with E-state index in [1.807, 2.05) is 18.2 Å². The minimum absolute atomic E-state index is 0.0930. The number of aromatic nitrogens is 1. The van der Waals surface area contributed by atoms with Gasteiger partial charge in [-0.1, -0.05) is 18.2 Å². The minimum atomic E-state index is -0.428. The van der Waals surface area contributed by atoms with E-state index in [9.17, 15) is 4.79 Å². The Balaban J connectivity index is 1.93. The van der Waals surface area contributed by atoms with E-state index < -0.39 is 5.56 Å². The molecule has 0 unspecified atom stereocenters. The lowest BCUT2D eigenvalue weighted by Gasteiger charge is -2.06. The standard InChI is InChI=1S/C17H13NO4/c1-20-13-9-7-12(8-10-13)15-11-16(19)18-17(22-15)21-14-5-3-2-4-6-14/h2-11H,1H3. The van der Waals surface area contributed by atoms with Crippen LogP contribution in [-0.4, -0.2) is 12.1 Å². The Hall–Kier alpha value is -3.08.